The summed E-state index contributed by atoms with van der Waals surface area (Å²) in [5.41, 5.74) is 14.2. The van der Waals surface area contributed by atoms with Gasteiger partial charge in [-0.15, -0.1) is 71.8 Å². The number of hydrogen-bond donors (Lipinski definition) is 3. The van der Waals surface area contributed by atoms with Crippen LogP contribution in [0.5, 0.6) is 0 Å². The van der Waals surface area contributed by atoms with E-state index in [4.69, 9.17) is 28.2 Å². The van der Waals surface area contributed by atoms with Crippen molar-refractivity contribution >= 4 is 32.2 Å². The van der Waals surface area contributed by atoms with Crippen LogP contribution in [0.25, 0.3) is 101 Å². The van der Waals surface area contributed by atoms with Crippen molar-refractivity contribution in [1.82, 2.24) is 24.1 Å². The second-order valence-electron chi connectivity index (χ2n) is 19.7. The second-order valence-corrected chi connectivity index (χ2v) is 21.1. The minimum Gasteiger partial charge on any atom is -0.400 e. The zero-order chi connectivity index (χ0) is 64.0. The van der Waals surface area contributed by atoms with Crippen LogP contribution in [0.4, 0.5) is 13.2 Å². The number of aliphatic hydroxyl groups excluding tert-OH is 2. The summed E-state index contributed by atoms with van der Waals surface area (Å²) in [6, 6.07) is 108. The first kappa shape index (κ1) is 67.6. The molecule has 15 rings (SSSR count). The van der Waals surface area contributed by atoms with E-state index in [1.54, 1.807) is 12.4 Å². The standard InChI is InChI=1S/C26H19N2.C25H18N2.2C11H8N.CHF3O3S.2CH4O.Ir/c1-2-10-19(11-3-1)21-13-6-7-15-23(21)28-25-17-9-8-16-24(25)27-18-20-12-4-5-14-22(20)26(27)28;1-3-11-19(12-4-1)21-15-7-9-17-23(21)27-24-18-10-8-16-22(24)26-25(27)20-13-5-2-6-14-20;2*1-2-6-10(7-3-1)11-8-4-5-9-12-11;2-1(3,4)8(5,6)7;2*1-2;/h1-17H,18H2;1-18H;2*1-6,8-9H;(H,5,6,7);2*2H,1H3;/q+1;;2*-1;;;;+3. The molecule has 11 nitrogen and oxygen atoms in total. The largest absolute Gasteiger partial charge is 3.00 e. The van der Waals surface area contributed by atoms with Crippen molar-refractivity contribution in [3.8, 4) is 78.9 Å². The number of halogens is 3. The Kier molecular flexibility index (Phi) is 24.2. The van der Waals surface area contributed by atoms with Crippen LogP contribution in [0.1, 0.15) is 5.56 Å². The Morgan fingerprint density at radius 2 is 0.848 bits per heavy atom. The van der Waals surface area contributed by atoms with Gasteiger partial charge in [0, 0.05) is 48.9 Å². The number of hydrogen-bond acceptors (Lipinski definition) is 7. The Hall–Kier alpha value is -10.3. The Morgan fingerprint density at radius 1 is 0.446 bits per heavy atom. The Labute approximate surface area is 546 Å². The summed E-state index contributed by atoms with van der Waals surface area (Å²) < 4.78 is 64.7. The predicted molar refractivity (Wildman–Crippen MR) is 356 cm³/mol. The number of imidazole rings is 2. The Balaban J connectivity index is 0.000000157. The van der Waals surface area contributed by atoms with Gasteiger partial charge in [-0.1, -0.05) is 194 Å². The number of para-hydroxylation sites is 6. The fourth-order valence-electron chi connectivity index (χ4n) is 10.2. The summed E-state index contributed by atoms with van der Waals surface area (Å²) in [5, 5.41) is 14.0. The van der Waals surface area contributed by atoms with Crippen molar-refractivity contribution in [1.29, 1.82) is 0 Å². The van der Waals surface area contributed by atoms with Gasteiger partial charge in [-0.3, -0.25) is 9.12 Å². The van der Waals surface area contributed by atoms with Crippen LogP contribution in [0, 0.1) is 12.1 Å². The predicted octanol–water partition coefficient (Wildman–Crippen LogP) is 16.7. The molecular formula is C76H62F3IrN6O5S+2. The summed E-state index contributed by atoms with van der Waals surface area (Å²) in [5.74, 6) is 2.22. The van der Waals surface area contributed by atoms with Crippen LogP contribution in [0.15, 0.2) is 310 Å². The normalized spacial score (nSPS) is 10.8. The van der Waals surface area contributed by atoms with Gasteiger partial charge in [0.1, 0.15) is 18.1 Å². The van der Waals surface area contributed by atoms with Gasteiger partial charge in [-0.2, -0.15) is 26.2 Å². The van der Waals surface area contributed by atoms with Gasteiger partial charge in [0.15, 0.2) is 11.0 Å². The van der Waals surface area contributed by atoms with Crippen LogP contribution in [-0.2, 0) is 36.8 Å². The molecule has 14 aromatic rings. The average Bonchev–Trinajstić information content (AvgIpc) is 1.57. The minimum atomic E-state index is -5.84. The number of nitrogens with zero attached hydrogens (tertiary/aromatic N) is 6. The van der Waals surface area contributed by atoms with E-state index >= 15 is 0 Å². The zero-order valence-corrected chi connectivity index (χ0v) is 53.1. The summed E-state index contributed by atoms with van der Waals surface area (Å²) in [6.07, 6.45) is 3.58. The molecule has 0 fully saturated rings. The van der Waals surface area contributed by atoms with E-state index in [1.165, 1.54) is 55.9 Å². The Bertz CT molecular complexity index is 4520. The number of benzene rings is 10. The van der Waals surface area contributed by atoms with Gasteiger partial charge in [0.25, 0.3) is 5.82 Å². The SMILES string of the molecule is CO.CO.O=S(=O)(O)C(F)(F)F.[Ir+3].[c-]1ccccc1-c1ccccn1.[c-]1ccccc1-c1ccccn1.c1ccc(-c2ccccc2-n2c(-c3ccccc3)nc3ccccc32)cc1.c1ccc(-c2ccccc2-n2c3[n+](c4ccccc42)Cc2ccccc2-3)cc1. The summed E-state index contributed by atoms with van der Waals surface area (Å²) in [4.78, 5) is 13.4. The van der Waals surface area contributed by atoms with E-state index in [0.29, 0.717) is 0 Å². The fourth-order valence-corrected chi connectivity index (χ4v) is 10.2. The van der Waals surface area contributed by atoms with Gasteiger partial charge in [-0.05, 0) is 77.1 Å². The zero-order valence-electron chi connectivity index (χ0n) is 49.9. The fraction of sp³-hybridized carbons (Fsp3) is 0.0526. The van der Waals surface area contributed by atoms with E-state index < -0.39 is 15.6 Å². The van der Waals surface area contributed by atoms with E-state index in [0.717, 1.165) is 71.4 Å². The van der Waals surface area contributed by atoms with Crippen LogP contribution < -0.4 is 4.57 Å². The van der Waals surface area contributed by atoms with Crippen molar-refractivity contribution in [2.45, 2.75) is 12.1 Å². The van der Waals surface area contributed by atoms with Crippen molar-refractivity contribution < 1.29 is 61.0 Å². The molecule has 0 amide bonds. The van der Waals surface area contributed by atoms with Crippen molar-refractivity contribution in [2.24, 2.45) is 0 Å². The molecule has 1 aliphatic heterocycles. The van der Waals surface area contributed by atoms with Crippen LogP contribution >= 0.6 is 0 Å². The molecule has 0 saturated heterocycles. The van der Waals surface area contributed by atoms with Gasteiger partial charge in [-0.25, -0.2) is 9.55 Å². The van der Waals surface area contributed by atoms with Gasteiger partial charge < -0.3 is 20.2 Å². The molecule has 0 aliphatic carbocycles. The van der Waals surface area contributed by atoms with Crippen molar-refractivity contribution in [3.05, 3.63) is 327 Å². The molecule has 0 radical (unpaired) electrons. The molecular weight excluding hydrogens is 1360 g/mol. The van der Waals surface area contributed by atoms with Gasteiger partial charge >= 0.3 is 35.7 Å². The Morgan fingerprint density at radius 3 is 1.33 bits per heavy atom. The third kappa shape index (κ3) is 16.4. The molecule has 0 atom stereocenters. The third-order valence-corrected chi connectivity index (χ3v) is 14.7. The van der Waals surface area contributed by atoms with Gasteiger partial charge in [0.2, 0.25) is 0 Å². The first-order valence-corrected chi connectivity index (χ1v) is 30.1. The van der Waals surface area contributed by atoms with Crippen LogP contribution in [0.2, 0.25) is 0 Å². The third-order valence-electron chi connectivity index (χ3n) is 14.1. The first-order valence-electron chi connectivity index (χ1n) is 28.7. The smallest absolute Gasteiger partial charge is 0.400 e. The summed E-state index contributed by atoms with van der Waals surface area (Å²) >= 11 is 0. The second kappa shape index (κ2) is 33.0. The molecule has 10 aromatic carbocycles. The molecule has 16 heteroatoms. The molecule has 0 spiro atoms. The van der Waals surface area contributed by atoms with E-state index in [2.05, 4.69) is 230 Å². The van der Waals surface area contributed by atoms with Crippen molar-refractivity contribution in [2.75, 3.05) is 14.2 Å². The van der Waals surface area contributed by atoms with Crippen LogP contribution in [-0.4, -0.2) is 67.0 Å². The van der Waals surface area contributed by atoms with E-state index in [9.17, 15) is 13.2 Å². The molecule has 0 unspecified atom stereocenters. The molecule has 92 heavy (non-hydrogen) atoms. The van der Waals surface area contributed by atoms with E-state index in [-0.39, 0.29) is 20.1 Å². The van der Waals surface area contributed by atoms with Crippen LogP contribution in [0.3, 0.4) is 0 Å². The number of aliphatic hydroxyl groups is 2. The van der Waals surface area contributed by atoms with Gasteiger partial charge in [0.05, 0.1) is 22.3 Å². The number of alkyl halides is 3. The minimum absolute atomic E-state index is 0. The molecule has 4 aromatic heterocycles. The topological polar surface area (TPSA) is 147 Å². The molecule has 1 aliphatic rings. The molecule has 5 heterocycles. The molecule has 0 bridgehead atoms. The first-order chi connectivity index (χ1) is 44.5. The molecule has 0 saturated carbocycles. The maximum absolute atomic E-state index is 10.7. The number of pyridine rings is 2. The summed E-state index contributed by atoms with van der Waals surface area (Å²) in [6.45, 7) is 0.923. The summed E-state index contributed by atoms with van der Waals surface area (Å²) in [7, 11) is -3.84. The monoisotopic (exact) mass is 1420 g/mol. The molecule has 3 N–H and O–H groups in total. The van der Waals surface area contributed by atoms with Crippen molar-refractivity contribution in [3.63, 3.8) is 0 Å². The number of rotatable bonds is 7. The number of aromatic nitrogens is 6. The molecule has 460 valence electrons. The number of fused-ring (bicyclic) bond motifs is 6. The average molecular weight is 1420 g/mol. The quantitative estimate of drug-likeness (QED) is 0.0619. The van der Waals surface area contributed by atoms with E-state index in [1.807, 2.05) is 103 Å². The maximum Gasteiger partial charge on any atom is 3.00 e. The maximum atomic E-state index is 10.7.